The van der Waals surface area contributed by atoms with Crippen LogP contribution in [0.1, 0.15) is 16.1 Å². The minimum absolute atomic E-state index is 0.115. The first-order valence-corrected chi connectivity index (χ1v) is 5.92. The van der Waals surface area contributed by atoms with Crippen LogP contribution >= 0.6 is 11.6 Å². The predicted molar refractivity (Wildman–Crippen MR) is 68.1 cm³/mol. The highest BCUT2D eigenvalue weighted by Gasteiger charge is 2.11. The topological polar surface area (TPSA) is 110 Å². The van der Waals surface area contributed by atoms with Crippen molar-refractivity contribution in [2.45, 2.75) is 13.1 Å². The molecule has 0 aliphatic rings. The molecule has 0 spiro atoms. The van der Waals surface area contributed by atoms with Crippen molar-refractivity contribution >= 4 is 23.5 Å². The summed E-state index contributed by atoms with van der Waals surface area (Å²) in [5.74, 6) is -1.41. The van der Waals surface area contributed by atoms with Crippen molar-refractivity contribution in [1.29, 1.82) is 0 Å². The van der Waals surface area contributed by atoms with E-state index < -0.39 is 11.9 Å². The van der Waals surface area contributed by atoms with Crippen LogP contribution in [0.5, 0.6) is 0 Å². The monoisotopic (exact) mass is 295 g/mol. The van der Waals surface area contributed by atoms with Gasteiger partial charge in [0, 0.05) is 12.4 Å². The van der Waals surface area contributed by atoms with Gasteiger partial charge >= 0.3 is 5.97 Å². The van der Waals surface area contributed by atoms with Crippen molar-refractivity contribution in [3.05, 3.63) is 40.9 Å². The number of nitrogens with one attached hydrogen (secondary N) is 1. The maximum atomic E-state index is 11.8. The zero-order chi connectivity index (χ0) is 14.5. The van der Waals surface area contributed by atoms with Gasteiger partial charge in [-0.25, -0.2) is 4.68 Å². The maximum Gasteiger partial charge on any atom is 0.325 e. The molecule has 0 saturated heterocycles. The molecule has 104 valence electrons. The van der Waals surface area contributed by atoms with Gasteiger partial charge in [-0.05, 0) is 6.07 Å². The number of carbonyl (C=O) groups is 2. The SMILES string of the molecule is O=C(O)Cn1cc(CNC(=O)c2cnccc2Cl)nn1. The Morgan fingerprint density at radius 1 is 1.45 bits per heavy atom. The summed E-state index contributed by atoms with van der Waals surface area (Å²) in [5.41, 5.74) is 0.701. The number of hydrogen-bond donors (Lipinski definition) is 2. The summed E-state index contributed by atoms with van der Waals surface area (Å²) in [7, 11) is 0. The van der Waals surface area contributed by atoms with Gasteiger partial charge in [-0.15, -0.1) is 5.10 Å². The number of pyridine rings is 1. The third-order valence-electron chi connectivity index (χ3n) is 2.33. The molecule has 0 aromatic carbocycles. The molecule has 0 unspecified atom stereocenters. The lowest BCUT2D eigenvalue weighted by Gasteiger charge is -2.03. The van der Waals surface area contributed by atoms with Gasteiger partial charge in [-0.2, -0.15) is 0 Å². The number of hydrogen-bond acceptors (Lipinski definition) is 5. The Morgan fingerprint density at radius 2 is 2.25 bits per heavy atom. The molecule has 9 heteroatoms. The molecule has 0 atom stereocenters. The molecule has 8 nitrogen and oxygen atoms in total. The lowest BCUT2D eigenvalue weighted by molar-refractivity contribution is -0.137. The maximum absolute atomic E-state index is 11.8. The van der Waals surface area contributed by atoms with Crippen LogP contribution in [0.2, 0.25) is 5.02 Å². The molecule has 20 heavy (non-hydrogen) atoms. The average Bonchev–Trinajstić information content (AvgIpc) is 2.83. The smallest absolute Gasteiger partial charge is 0.325 e. The molecular formula is C11H10ClN5O3. The Hall–Kier alpha value is -2.48. The summed E-state index contributed by atoms with van der Waals surface area (Å²) in [6.45, 7) is -0.168. The van der Waals surface area contributed by atoms with Gasteiger partial charge < -0.3 is 10.4 Å². The van der Waals surface area contributed by atoms with Gasteiger partial charge in [-0.1, -0.05) is 16.8 Å². The van der Waals surface area contributed by atoms with Crippen LogP contribution in [0.4, 0.5) is 0 Å². The number of amides is 1. The zero-order valence-electron chi connectivity index (χ0n) is 10.2. The van der Waals surface area contributed by atoms with Gasteiger partial charge in [0.25, 0.3) is 5.91 Å². The van der Waals surface area contributed by atoms with Crippen LogP contribution in [0.15, 0.2) is 24.7 Å². The molecule has 0 aliphatic carbocycles. The lowest BCUT2D eigenvalue weighted by Crippen LogP contribution is -2.23. The Kier molecular flexibility index (Phi) is 4.26. The van der Waals surface area contributed by atoms with Crippen molar-refractivity contribution in [3.63, 3.8) is 0 Å². The summed E-state index contributed by atoms with van der Waals surface area (Å²) in [4.78, 5) is 26.1. The van der Waals surface area contributed by atoms with Crippen molar-refractivity contribution in [2.24, 2.45) is 0 Å². The van der Waals surface area contributed by atoms with Gasteiger partial charge in [0.05, 0.1) is 23.3 Å². The minimum Gasteiger partial charge on any atom is -0.480 e. The number of carbonyl (C=O) groups excluding carboxylic acids is 1. The summed E-state index contributed by atoms with van der Waals surface area (Å²) < 4.78 is 1.17. The molecule has 0 bridgehead atoms. The number of carboxylic acids is 1. The molecule has 0 radical (unpaired) electrons. The van der Waals surface area contributed by atoms with Crippen LogP contribution in [0.3, 0.4) is 0 Å². The Morgan fingerprint density at radius 3 is 2.95 bits per heavy atom. The summed E-state index contributed by atoms with van der Waals surface area (Å²) in [5, 5.41) is 18.9. The fraction of sp³-hybridized carbons (Fsp3) is 0.182. The highest BCUT2D eigenvalue weighted by Crippen LogP contribution is 2.13. The van der Waals surface area contributed by atoms with E-state index in [1.54, 1.807) is 0 Å². The molecular weight excluding hydrogens is 286 g/mol. The number of aromatic nitrogens is 4. The standard InChI is InChI=1S/C11H10ClN5O3/c12-9-1-2-13-4-8(9)11(20)14-3-7-5-17(16-15-7)6-10(18)19/h1-2,4-5H,3,6H2,(H,14,20)(H,18,19). The number of nitrogens with zero attached hydrogens (tertiary/aromatic N) is 4. The number of rotatable bonds is 5. The molecule has 0 fully saturated rings. The zero-order valence-corrected chi connectivity index (χ0v) is 10.9. The second-order valence-corrected chi connectivity index (χ2v) is 4.25. The fourth-order valence-corrected chi connectivity index (χ4v) is 1.64. The van der Waals surface area contributed by atoms with E-state index in [9.17, 15) is 9.59 Å². The molecule has 1 amide bonds. The quantitative estimate of drug-likeness (QED) is 0.823. The Bertz CT molecular complexity index is 642. The molecule has 2 heterocycles. The van der Waals surface area contributed by atoms with Crippen LogP contribution < -0.4 is 5.32 Å². The van der Waals surface area contributed by atoms with E-state index >= 15 is 0 Å². The van der Waals surface area contributed by atoms with Crippen molar-refractivity contribution < 1.29 is 14.7 Å². The first-order valence-electron chi connectivity index (χ1n) is 5.55. The molecule has 2 aromatic rings. The van der Waals surface area contributed by atoms with Crippen molar-refractivity contribution in [3.8, 4) is 0 Å². The van der Waals surface area contributed by atoms with Gasteiger partial charge in [0.2, 0.25) is 0 Å². The first-order chi connectivity index (χ1) is 9.56. The third-order valence-corrected chi connectivity index (χ3v) is 2.66. The van der Waals surface area contributed by atoms with E-state index in [1.165, 1.54) is 29.3 Å². The van der Waals surface area contributed by atoms with E-state index in [2.05, 4.69) is 20.6 Å². The van der Waals surface area contributed by atoms with Crippen LogP contribution in [-0.2, 0) is 17.9 Å². The number of carboxylic acid groups (broad SMARTS) is 1. The Labute approximate surface area is 118 Å². The van der Waals surface area contributed by atoms with E-state index in [-0.39, 0.29) is 18.7 Å². The van der Waals surface area contributed by atoms with E-state index in [1.807, 2.05) is 0 Å². The second-order valence-electron chi connectivity index (χ2n) is 3.84. The minimum atomic E-state index is -1.02. The Balaban J connectivity index is 1.95. The molecule has 0 saturated carbocycles. The fourth-order valence-electron chi connectivity index (χ4n) is 1.45. The van der Waals surface area contributed by atoms with Crippen molar-refractivity contribution in [1.82, 2.24) is 25.3 Å². The van der Waals surface area contributed by atoms with Crippen LogP contribution in [0.25, 0.3) is 0 Å². The van der Waals surface area contributed by atoms with Crippen LogP contribution in [0, 0.1) is 0 Å². The van der Waals surface area contributed by atoms with Crippen LogP contribution in [-0.4, -0.2) is 37.0 Å². The van der Waals surface area contributed by atoms with Gasteiger partial charge in [-0.3, -0.25) is 14.6 Å². The van der Waals surface area contributed by atoms with Crippen molar-refractivity contribution in [2.75, 3.05) is 0 Å². The summed E-state index contributed by atoms with van der Waals surface area (Å²) >= 11 is 5.86. The van der Waals surface area contributed by atoms with Gasteiger partial charge in [0.1, 0.15) is 12.2 Å². The van der Waals surface area contributed by atoms with E-state index in [0.717, 1.165) is 0 Å². The highest BCUT2D eigenvalue weighted by atomic mass is 35.5. The molecule has 2 aromatic heterocycles. The second kappa shape index (κ2) is 6.11. The van der Waals surface area contributed by atoms with Gasteiger partial charge in [0.15, 0.2) is 0 Å². The predicted octanol–water partition coefficient (Wildman–Crippen LogP) is 0.341. The molecule has 2 rings (SSSR count). The molecule has 0 aliphatic heterocycles. The summed E-state index contributed by atoms with van der Waals surface area (Å²) in [6, 6.07) is 1.51. The largest absolute Gasteiger partial charge is 0.480 e. The first kappa shape index (κ1) is 13.9. The average molecular weight is 296 g/mol. The third kappa shape index (κ3) is 3.51. The lowest BCUT2D eigenvalue weighted by atomic mass is 10.2. The number of aliphatic carboxylic acids is 1. The highest BCUT2D eigenvalue weighted by molar-refractivity contribution is 6.33. The number of halogens is 1. The normalized spacial score (nSPS) is 10.2. The summed E-state index contributed by atoms with van der Waals surface area (Å²) in [6.07, 6.45) is 4.29. The van der Waals surface area contributed by atoms with E-state index in [4.69, 9.17) is 16.7 Å². The van der Waals surface area contributed by atoms with E-state index in [0.29, 0.717) is 10.7 Å². The molecule has 2 N–H and O–H groups in total.